The zero-order chi connectivity index (χ0) is 96.3. The number of ether oxygens (including phenoxy) is 5. The summed E-state index contributed by atoms with van der Waals surface area (Å²) in [5.74, 6) is 10.6. The van der Waals surface area contributed by atoms with E-state index in [1.165, 1.54) is 241 Å². The quantitative estimate of drug-likeness (QED) is 0.0376. The number of aryl methyl sites for hydroxylation is 1. The molecule has 14 rings (SSSR count). The molecular weight excluding hydrogens is 2100 g/mol. The van der Waals surface area contributed by atoms with Gasteiger partial charge >= 0.3 is 114 Å². The standard InChI is InChI=1S/C44H58N2OSi.C40H68O2Si.2C15H30O.CH4.6CH3.6ClH.3Zr/c1-29-24-25-37-35(28-29)39-41(46(37)6)31-19-11-13-21-33(31)43(39)48(7,27-17-9-8-16-26-47-44(2,3)4)42-32-20-12-10-18-30(32)40-38(42)34-22-14-15-23-36(34)45(40)5;1-39(2,3)41-27-19-11-9-13-21-31-29-37(35-25-17-15-23-33(31)35)43(7,8)38-30-32(34-24-16-18-26-36(34)38)22-14-10-12-20-28-42-40(4,5)6;2*1-15(2,3)16-13-9-5-4-6-10-14-11-7-8-12-14;;;;;;;;;;;;;;;;/h10-15,18-25,28,30-33,38-43H,8-9,16-17,26-27H2,1-7H3;15-18,23-26,31-38H,9-14,19-22,27-30H2,1-8H3;2*14H,4-13H2,1-3H3;1H4;6*1H3;6*1H;;;/q;;;;;6*-1;;;;;;;3*+4/p-6. The van der Waals surface area contributed by atoms with Gasteiger partial charge in [0, 0.05) is 94.3 Å². The summed E-state index contributed by atoms with van der Waals surface area (Å²) in [4.78, 5) is 5.39. The maximum atomic E-state index is 6.12. The van der Waals surface area contributed by atoms with Crippen LogP contribution in [0.15, 0.2) is 140 Å². The summed E-state index contributed by atoms with van der Waals surface area (Å²) in [5.41, 5.74) is 11.0. The second-order valence-corrected chi connectivity index (χ2v) is 68.6. The van der Waals surface area contributed by atoms with Gasteiger partial charge in [0.2, 0.25) is 0 Å². The fraction of sp³-hybridized carbons (Fsp3) is 0.719. The Kier molecular flexibility index (Phi) is 68.6. The third-order valence-corrected chi connectivity index (χ3v) is 43.3. The molecule has 12 aliphatic rings. The molecule has 7 nitrogen and oxygen atoms in total. The van der Waals surface area contributed by atoms with E-state index in [1.54, 1.807) is 11.1 Å². The van der Waals surface area contributed by atoms with E-state index >= 15 is 0 Å². The minimum atomic E-state index is -2.04. The van der Waals surface area contributed by atoms with Crippen LogP contribution in [0, 0.1) is 122 Å². The van der Waals surface area contributed by atoms with Gasteiger partial charge < -0.3 is 78.0 Å². The van der Waals surface area contributed by atoms with Gasteiger partial charge in [-0.3, -0.25) is 0 Å². The first kappa shape index (κ1) is 138. The predicted molar refractivity (Wildman–Crippen MR) is 617 cm³/mol. The number of allylic oxidation sites excluding steroid dienone is 14. The first-order valence-corrected chi connectivity index (χ1v) is 78.0. The van der Waals surface area contributed by atoms with Crippen molar-refractivity contribution >= 4 is 78.6 Å². The van der Waals surface area contributed by atoms with Crippen molar-refractivity contribution in [2.75, 3.05) is 56.9 Å². The molecule has 6 saturated carbocycles. The molecule has 0 N–H and O–H groups in total. The SMILES string of the molecule is C.CC(C)(C)OCCCCCCC1CC([Si](C)(C)C2CC(CCCCCCOC(C)(C)C)C3C=CC=CC32)C2C=CC=CC12.CC(C)(C)OCCCCCCC1CCCC1.CC(C)(C)OCCCCCCC1CCCC1.Cc1ccc2c(c1)C1C(C3C=CC=CC3C1[Si](C)(CCCCCCOC(C)(C)C)C1C3C=CC=CC3C3C1c1ccccc1N3C)N2C.[CH3-].[CH3-].[CH3-].[CH3-].[CH3-].[CH3-].[Cl][Zr+2][Cl].[Cl][Zr+2][Cl].[Cl][Zr+2][Cl]. The number of rotatable bonds is 39. The average Bonchev–Trinajstić information content (AvgIpc) is 1.52. The molecule has 0 bridgehead atoms. The second kappa shape index (κ2) is 69.3. The van der Waals surface area contributed by atoms with Gasteiger partial charge in [-0.15, -0.1) is 0 Å². The molecule has 2 aromatic rings. The molecule has 0 radical (unpaired) electrons. The van der Waals surface area contributed by atoms with Crippen molar-refractivity contribution in [3.8, 4) is 0 Å². The average molecular weight is 2310 g/mol. The van der Waals surface area contributed by atoms with Crippen LogP contribution in [0.3, 0.4) is 0 Å². The van der Waals surface area contributed by atoms with Crippen LogP contribution < -0.4 is 9.80 Å². The van der Waals surface area contributed by atoms with E-state index in [9.17, 15) is 0 Å². The molecule has 2 aliphatic heterocycles. The first-order valence-electron chi connectivity index (χ1n) is 53.0. The monoisotopic (exact) mass is 2310 g/mol. The molecule has 0 saturated heterocycles. The van der Waals surface area contributed by atoms with E-state index in [4.69, 9.17) is 74.8 Å². The predicted octanol–water partition coefficient (Wildman–Crippen LogP) is 39.5. The van der Waals surface area contributed by atoms with Crippen molar-refractivity contribution < 1.29 is 86.2 Å². The molecule has 6 fully saturated rings. The molecule has 19 unspecified atom stereocenters. The number of anilines is 2. The summed E-state index contributed by atoms with van der Waals surface area (Å²) in [7, 11) is 30.9. The second-order valence-electron chi connectivity index (χ2n) is 47.5. The number of halogens is 6. The Bertz CT molecular complexity index is 3710. The third kappa shape index (κ3) is 43.9. The van der Waals surface area contributed by atoms with Crippen molar-refractivity contribution in [1.82, 2.24) is 0 Å². The van der Waals surface area contributed by atoms with Gasteiger partial charge in [0.1, 0.15) is 0 Å². The van der Waals surface area contributed by atoms with Crippen molar-refractivity contribution in [3.05, 3.63) is 201 Å². The van der Waals surface area contributed by atoms with Crippen LogP contribution in [-0.4, -0.2) is 103 Å². The number of likely N-dealkylation sites (N-methyl/N-ethyl adjacent to an activating group) is 2. The number of benzene rings is 2. The van der Waals surface area contributed by atoms with Crippen LogP contribution in [0.1, 0.15) is 358 Å². The first-order chi connectivity index (χ1) is 62.9. The zero-order valence-electron chi connectivity index (χ0n) is 92.8. The Morgan fingerprint density at radius 1 is 0.338 bits per heavy atom. The number of para-hydroxylation sites is 1. The van der Waals surface area contributed by atoms with Gasteiger partial charge in [0.15, 0.2) is 0 Å². The minimum absolute atomic E-state index is 0. The Balaban J connectivity index is 0.000000965. The maximum absolute atomic E-state index is 6.12. The molecule has 2 aromatic carbocycles. The summed E-state index contributed by atoms with van der Waals surface area (Å²) >= 11 is -2.48. The van der Waals surface area contributed by atoms with Gasteiger partial charge in [-0.25, -0.2) is 0 Å². The number of nitrogens with zero attached hydrogens (tertiary/aromatic N) is 2. The van der Waals surface area contributed by atoms with E-state index in [1.807, 2.05) is 0 Å². The van der Waals surface area contributed by atoms with Crippen LogP contribution in [-0.2, 0) is 86.2 Å². The fourth-order valence-corrected chi connectivity index (χ4v) is 38.5. The Hall–Kier alpha value is 0.583. The summed E-state index contributed by atoms with van der Waals surface area (Å²) in [6.45, 7) is 47.7. The number of hydrogen-bond acceptors (Lipinski definition) is 7. The molecular formula is C121H208Cl6N2O5Si2Zr3. The molecule has 2 heterocycles. The molecule has 10 aliphatic carbocycles. The normalized spacial score (nSPS) is 26.4. The van der Waals surface area contributed by atoms with Crippen molar-refractivity contribution in [2.45, 2.75) is 436 Å². The number of hydrogen-bond donors (Lipinski definition) is 0. The van der Waals surface area contributed by atoms with Gasteiger partial charge in [0.05, 0.1) is 44.2 Å². The number of fused-ring (bicyclic) bond motifs is 12. The summed E-state index contributed by atoms with van der Waals surface area (Å²) in [6.07, 6.45) is 87.3. The topological polar surface area (TPSA) is 52.6 Å². The molecule has 0 spiro atoms. The zero-order valence-corrected chi connectivity index (χ0v) is 107. The molecule has 19 atom stereocenters. The van der Waals surface area contributed by atoms with Crippen LogP contribution in [0.5, 0.6) is 0 Å². The van der Waals surface area contributed by atoms with E-state index in [-0.39, 0.29) is 80.0 Å². The van der Waals surface area contributed by atoms with Gasteiger partial charge in [-0.1, -0.05) is 327 Å². The Labute approximate surface area is 920 Å². The van der Waals surface area contributed by atoms with Gasteiger partial charge in [-0.2, -0.15) is 0 Å². The molecule has 0 amide bonds. The number of unbranched alkanes of at least 4 members (excludes halogenated alkanes) is 15. The molecule has 18 heteroatoms. The molecule has 794 valence electrons. The van der Waals surface area contributed by atoms with E-state index in [2.05, 4.69) is 294 Å². The molecule has 0 aromatic heterocycles. The Morgan fingerprint density at radius 3 is 0.942 bits per heavy atom. The third-order valence-electron chi connectivity index (χ3n) is 32.3. The van der Waals surface area contributed by atoms with Crippen LogP contribution in [0.4, 0.5) is 11.4 Å². The molecule has 139 heavy (non-hydrogen) atoms. The fourth-order valence-electron chi connectivity index (χ4n) is 26.5. The van der Waals surface area contributed by atoms with E-state index in [0.717, 1.165) is 91.5 Å². The van der Waals surface area contributed by atoms with Crippen molar-refractivity contribution in [2.24, 2.45) is 71.0 Å². The van der Waals surface area contributed by atoms with Crippen molar-refractivity contribution in [1.29, 1.82) is 0 Å². The summed E-state index contributed by atoms with van der Waals surface area (Å²) in [5, 5.41) is 0. The van der Waals surface area contributed by atoms with Crippen LogP contribution >= 0.6 is 51.1 Å². The Morgan fingerprint density at radius 2 is 0.612 bits per heavy atom. The summed E-state index contributed by atoms with van der Waals surface area (Å²) in [6, 6.07) is 19.4. The summed E-state index contributed by atoms with van der Waals surface area (Å²) < 4.78 is 29.4. The van der Waals surface area contributed by atoms with Gasteiger partial charge in [-0.05, 0) is 273 Å². The van der Waals surface area contributed by atoms with Crippen LogP contribution in [0.2, 0.25) is 47.8 Å². The van der Waals surface area contributed by atoms with E-state index < -0.39 is 78.7 Å². The van der Waals surface area contributed by atoms with E-state index in [0.29, 0.717) is 58.7 Å². The van der Waals surface area contributed by atoms with Crippen LogP contribution in [0.25, 0.3) is 0 Å². The van der Waals surface area contributed by atoms with Gasteiger partial charge in [0.25, 0.3) is 0 Å². The van der Waals surface area contributed by atoms with Crippen molar-refractivity contribution in [3.63, 3.8) is 0 Å².